The van der Waals surface area contributed by atoms with Gasteiger partial charge in [0.1, 0.15) is 6.54 Å². The Kier molecular flexibility index (Phi) is 13.3. The molecule has 1 aromatic rings. The lowest BCUT2D eigenvalue weighted by Gasteiger charge is -2.25. The molecule has 0 saturated heterocycles. The van der Waals surface area contributed by atoms with Gasteiger partial charge < -0.3 is 14.4 Å². The highest BCUT2D eigenvalue weighted by atomic mass is 32.2. The largest absolute Gasteiger partial charge is 0.748 e. The predicted molar refractivity (Wildman–Crippen MR) is 143 cm³/mol. The minimum atomic E-state index is -4.12. The number of benzene rings is 1. The van der Waals surface area contributed by atoms with Crippen LogP contribution >= 0.6 is 0 Å². The summed E-state index contributed by atoms with van der Waals surface area (Å²) in [5, 5.41) is 0. The van der Waals surface area contributed by atoms with E-state index in [1.165, 1.54) is 67.5 Å². The molecule has 0 bridgehead atoms. The van der Waals surface area contributed by atoms with Crippen molar-refractivity contribution in [2.24, 2.45) is 0 Å². The van der Waals surface area contributed by atoms with Gasteiger partial charge in [-0.05, 0) is 48.3 Å². The van der Waals surface area contributed by atoms with E-state index in [2.05, 4.69) is 73.5 Å². The molecule has 1 atom stereocenters. The Hall–Kier alpha value is -1.89. The van der Waals surface area contributed by atoms with E-state index in [1.54, 1.807) is 0 Å². The van der Waals surface area contributed by atoms with Crippen LogP contribution in [0.1, 0.15) is 77.2 Å². The Morgan fingerprint density at radius 1 is 0.912 bits per heavy atom. The highest BCUT2D eigenvalue weighted by molar-refractivity contribution is 7.85. The molecular formula is C28H44N2O3S. The van der Waals surface area contributed by atoms with E-state index in [1.807, 2.05) is 0 Å². The first-order valence-corrected chi connectivity index (χ1v) is 14.7. The first kappa shape index (κ1) is 28.3. The maximum Gasteiger partial charge on any atom is 0.101 e. The van der Waals surface area contributed by atoms with Crippen LogP contribution in [0.3, 0.4) is 0 Å². The zero-order valence-corrected chi connectivity index (χ0v) is 22.0. The summed E-state index contributed by atoms with van der Waals surface area (Å²) in [6.45, 7) is 8.25. The average Bonchev–Trinajstić information content (AvgIpc) is 2.82. The van der Waals surface area contributed by atoms with Crippen molar-refractivity contribution in [3.63, 3.8) is 0 Å². The van der Waals surface area contributed by atoms with Gasteiger partial charge in [0, 0.05) is 31.0 Å². The van der Waals surface area contributed by atoms with Crippen molar-refractivity contribution in [2.75, 3.05) is 36.8 Å². The molecule has 1 heterocycles. The molecule has 1 aliphatic heterocycles. The average molecular weight is 489 g/mol. The Bertz CT molecular complexity index is 877. The van der Waals surface area contributed by atoms with Gasteiger partial charge in [0.2, 0.25) is 0 Å². The molecule has 0 spiro atoms. The zero-order valence-electron chi connectivity index (χ0n) is 21.2. The van der Waals surface area contributed by atoms with Gasteiger partial charge in [-0.15, -0.1) is 0 Å². The first-order chi connectivity index (χ1) is 16.4. The zero-order chi connectivity index (χ0) is 24.7. The molecule has 1 N–H and O–H groups in total. The molecule has 0 aliphatic carbocycles. The number of allylic oxidation sites excluding steroid dienone is 3. The molecular weight excluding hydrogens is 444 g/mol. The monoisotopic (exact) mass is 488 g/mol. The Balaban J connectivity index is 1.86. The van der Waals surface area contributed by atoms with Crippen molar-refractivity contribution < 1.29 is 17.9 Å². The van der Waals surface area contributed by atoms with Crippen LogP contribution in [0.5, 0.6) is 0 Å². The van der Waals surface area contributed by atoms with Crippen molar-refractivity contribution in [1.82, 2.24) is 0 Å². The molecule has 1 aliphatic rings. The first-order valence-electron chi connectivity index (χ1n) is 13.1. The van der Waals surface area contributed by atoms with Crippen LogP contribution in [-0.4, -0.2) is 44.9 Å². The number of hydrogen-bond donors (Lipinski definition) is 1. The maximum absolute atomic E-state index is 10.7. The smallest absolute Gasteiger partial charge is 0.101 e. The molecule has 6 heteroatoms. The summed E-state index contributed by atoms with van der Waals surface area (Å²) in [6, 6.07) is 8.90. The number of hydrogen-bond acceptors (Lipinski definition) is 4. The second-order valence-electron chi connectivity index (χ2n) is 9.30. The Morgan fingerprint density at radius 2 is 1.56 bits per heavy atom. The fourth-order valence-corrected chi connectivity index (χ4v) is 4.70. The van der Waals surface area contributed by atoms with E-state index in [-0.39, 0.29) is 5.75 Å². The normalized spacial score (nSPS) is 16.2. The van der Waals surface area contributed by atoms with Gasteiger partial charge in [-0.1, -0.05) is 76.7 Å². The third-order valence-corrected chi connectivity index (χ3v) is 7.08. The minimum Gasteiger partial charge on any atom is -0.748 e. The highest BCUT2D eigenvalue weighted by Crippen LogP contribution is 2.19. The van der Waals surface area contributed by atoms with Gasteiger partial charge in [0.05, 0.1) is 22.9 Å². The third-order valence-electron chi connectivity index (χ3n) is 6.29. The number of quaternary nitrogens is 1. The lowest BCUT2D eigenvalue weighted by Crippen LogP contribution is -3.07. The quantitative estimate of drug-likeness (QED) is 0.249. The molecule has 34 heavy (non-hydrogen) atoms. The van der Waals surface area contributed by atoms with Gasteiger partial charge in [0.25, 0.3) is 0 Å². The molecule has 1 aromatic carbocycles. The van der Waals surface area contributed by atoms with E-state index in [0.29, 0.717) is 13.0 Å². The van der Waals surface area contributed by atoms with Crippen LogP contribution < -0.4 is 9.80 Å². The summed E-state index contributed by atoms with van der Waals surface area (Å²) < 4.78 is 32.2. The molecule has 2 rings (SSSR count). The second kappa shape index (κ2) is 15.9. The fourth-order valence-electron chi connectivity index (χ4n) is 4.20. The Labute approximate surface area is 208 Å². The molecule has 1 unspecified atom stereocenters. The number of nitrogens with zero attached hydrogens (tertiary/aromatic N) is 1. The molecule has 0 amide bonds. The van der Waals surface area contributed by atoms with E-state index in [4.69, 9.17) is 0 Å². The summed E-state index contributed by atoms with van der Waals surface area (Å²) in [5.74, 6) is -0.286. The molecule has 190 valence electrons. The number of nitrogens with one attached hydrogen (secondary N) is 1. The standard InChI is InChI=1S/C28H44N2O3S/c1-3-5-7-9-21-30(22-10-8-6-4-2)28-16-14-26(15-17-28)12-13-27-18-23-29(24-19-27)20-11-25-34(31,32)33/h12-19,23H,3-11,20-22,24-25H2,1-2H3,(H,31,32,33)/b13-12+. The molecule has 0 fully saturated rings. The van der Waals surface area contributed by atoms with Gasteiger partial charge in [-0.3, -0.25) is 0 Å². The lowest BCUT2D eigenvalue weighted by atomic mass is 10.1. The molecule has 0 saturated carbocycles. The van der Waals surface area contributed by atoms with Gasteiger partial charge in [-0.25, -0.2) is 8.42 Å². The summed E-state index contributed by atoms with van der Waals surface area (Å²) >= 11 is 0. The molecule has 0 aromatic heterocycles. The summed E-state index contributed by atoms with van der Waals surface area (Å²) in [7, 11) is -4.12. The van der Waals surface area contributed by atoms with Crippen LogP contribution in [0.2, 0.25) is 0 Å². The van der Waals surface area contributed by atoms with E-state index >= 15 is 0 Å². The van der Waals surface area contributed by atoms with E-state index in [0.717, 1.165) is 25.2 Å². The number of rotatable bonds is 17. The Morgan fingerprint density at radius 3 is 2.09 bits per heavy atom. The van der Waals surface area contributed by atoms with E-state index < -0.39 is 10.1 Å². The van der Waals surface area contributed by atoms with Gasteiger partial charge in [0.15, 0.2) is 0 Å². The lowest BCUT2D eigenvalue weighted by molar-refractivity contribution is -0.841. The highest BCUT2D eigenvalue weighted by Gasteiger charge is 2.09. The molecule has 5 nitrogen and oxygen atoms in total. The molecule has 0 radical (unpaired) electrons. The summed E-state index contributed by atoms with van der Waals surface area (Å²) in [5.41, 5.74) is 3.66. The number of anilines is 1. The van der Waals surface area contributed by atoms with Crippen LogP contribution in [0.25, 0.3) is 6.08 Å². The van der Waals surface area contributed by atoms with Crippen LogP contribution in [-0.2, 0) is 10.1 Å². The van der Waals surface area contributed by atoms with Crippen LogP contribution in [0, 0.1) is 0 Å². The van der Waals surface area contributed by atoms with Crippen molar-refractivity contribution in [2.45, 2.75) is 71.6 Å². The predicted octanol–water partition coefficient (Wildman–Crippen LogP) is 4.94. The number of unbranched alkanes of at least 4 members (excludes halogenated alkanes) is 6. The second-order valence-corrected chi connectivity index (χ2v) is 10.8. The minimum absolute atomic E-state index is 0.286. The third kappa shape index (κ3) is 12.0. The van der Waals surface area contributed by atoms with E-state index in [9.17, 15) is 13.0 Å². The SMILES string of the molecule is CCCCCCN(CCCCCC)c1ccc(/C=C/C2=CC[NH+](CCCS(=O)(=O)[O-])C=C2)cc1. The maximum atomic E-state index is 10.7. The van der Waals surface area contributed by atoms with Crippen LogP contribution in [0.4, 0.5) is 5.69 Å². The van der Waals surface area contributed by atoms with Gasteiger partial charge in [-0.2, -0.15) is 0 Å². The summed E-state index contributed by atoms with van der Waals surface area (Å²) in [6.07, 6.45) is 21.2. The fraction of sp³-hybridized carbons (Fsp3) is 0.571. The topological polar surface area (TPSA) is 64.9 Å². The van der Waals surface area contributed by atoms with Crippen molar-refractivity contribution >= 4 is 21.9 Å². The van der Waals surface area contributed by atoms with Crippen molar-refractivity contribution in [1.29, 1.82) is 0 Å². The van der Waals surface area contributed by atoms with Crippen molar-refractivity contribution in [3.05, 3.63) is 59.8 Å². The van der Waals surface area contributed by atoms with Gasteiger partial charge >= 0.3 is 0 Å². The van der Waals surface area contributed by atoms with Crippen molar-refractivity contribution in [3.8, 4) is 0 Å². The summed E-state index contributed by atoms with van der Waals surface area (Å²) in [4.78, 5) is 3.73. The van der Waals surface area contributed by atoms with Crippen LogP contribution in [0.15, 0.2) is 54.3 Å².